The first-order valence-corrected chi connectivity index (χ1v) is 7.63. The van der Waals surface area contributed by atoms with Gasteiger partial charge in [0, 0.05) is 30.2 Å². The lowest BCUT2D eigenvalue weighted by Gasteiger charge is -2.32. The number of aliphatic hydroxyl groups is 1. The van der Waals surface area contributed by atoms with Crippen LogP contribution in [0.2, 0.25) is 0 Å². The van der Waals surface area contributed by atoms with Gasteiger partial charge in [-0.1, -0.05) is 39.0 Å². The second kappa shape index (κ2) is 8.28. The van der Waals surface area contributed by atoms with E-state index in [0.29, 0.717) is 0 Å². The van der Waals surface area contributed by atoms with E-state index in [1.54, 1.807) is 7.11 Å². The first-order chi connectivity index (χ1) is 9.66. The van der Waals surface area contributed by atoms with Gasteiger partial charge < -0.3 is 15.2 Å². The minimum Gasteiger partial charge on any atom is -0.496 e. The molecule has 2 N–H and O–H groups in total. The fourth-order valence-electron chi connectivity index (χ4n) is 2.55. The molecule has 1 rings (SSSR count). The third-order valence-electron chi connectivity index (χ3n) is 4.48. The number of ether oxygens (including phenoxy) is 1. The van der Waals surface area contributed by atoms with Gasteiger partial charge >= 0.3 is 0 Å². The van der Waals surface area contributed by atoms with Gasteiger partial charge in [-0.05, 0) is 25.3 Å². The van der Waals surface area contributed by atoms with Crippen molar-refractivity contribution in [1.29, 1.82) is 0 Å². The van der Waals surface area contributed by atoms with Crippen molar-refractivity contribution in [1.82, 2.24) is 5.32 Å². The first-order valence-electron chi connectivity index (χ1n) is 7.63. The van der Waals surface area contributed by atoms with Crippen molar-refractivity contribution in [3.05, 3.63) is 29.8 Å². The van der Waals surface area contributed by atoms with Gasteiger partial charge in [0.2, 0.25) is 0 Å². The lowest BCUT2D eigenvalue weighted by molar-refractivity contribution is 0.109. The smallest absolute Gasteiger partial charge is 0.123 e. The van der Waals surface area contributed by atoms with E-state index in [-0.39, 0.29) is 18.1 Å². The normalized spacial score (nSPS) is 13.2. The molecule has 3 nitrogen and oxygen atoms in total. The summed E-state index contributed by atoms with van der Waals surface area (Å²) < 4.78 is 5.45. The molecule has 0 aliphatic heterocycles. The molecule has 0 saturated heterocycles. The topological polar surface area (TPSA) is 41.5 Å². The number of para-hydroxylation sites is 1. The van der Waals surface area contributed by atoms with Crippen molar-refractivity contribution in [2.24, 2.45) is 5.41 Å². The van der Waals surface area contributed by atoms with E-state index in [1.165, 1.54) is 5.56 Å². The predicted octanol–water partition coefficient (Wildman–Crippen LogP) is 3.53. The molecule has 0 aliphatic carbocycles. The summed E-state index contributed by atoms with van der Waals surface area (Å²) in [7, 11) is 1.71. The third kappa shape index (κ3) is 3.97. The number of rotatable bonds is 9. The van der Waals surface area contributed by atoms with E-state index in [0.717, 1.165) is 31.6 Å². The SMILES string of the molecule is CCC(NCC(CC)(CC)CO)c1ccccc1OC. The molecule has 0 heterocycles. The lowest BCUT2D eigenvalue weighted by atomic mass is 9.83. The van der Waals surface area contributed by atoms with Crippen molar-refractivity contribution in [3.63, 3.8) is 0 Å². The van der Waals surface area contributed by atoms with E-state index >= 15 is 0 Å². The Balaban J connectivity index is 2.82. The Morgan fingerprint density at radius 2 is 1.85 bits per heavy atom. The molecule has 1 atom stereocenters. The molecule has 20 heavy (non-hydrogen) atoms. The van der Waals surface area contributed by atoms with E-state index in [9.17, 15) is 5.11 Å². The summed E-state index contributed by atoms with van der Waals surface area (Å²) in [6, 6.07) is 8.40. The van der Waals surface area contributed by atoms with Gasteiger partial charge in [-0.25, -0.2) is 0 Å². The fraction of sp³-hybridized carbons (Fsp3) is 0.647. The maximum atomic E-state index is 9.67. The number of hydrogen-bond acceptors (Lipinski definition) is 3. The molecular weight excluding hydrogens is 250 g/mol. The van der Waals surface area contributed by atoms with Crippen LogP contribution >= 0.6 is 0 Å². The Labute approximate surface area is 123 Å². The number of aliphatic hydroxyl groups excluding tert-OH is 1. The number of nitrogens with one attached hydrogen (secondary N) is 1. The Bertz CT molecular complexity index is 380. The molecule has 1 unspecified atom stereocenters. The van der Waals surface area contributed by atoms with Crippen LogP contribution in [0.4, 0.5) is 0 Å². The molecule has 114 valence electrons. The minimum atomic E-state index is -0.0184. The molecule has 0 fully saturated rings. The second-order valence-corrected chi connectivity index (χ2v) is 5.45. The molecule has 0 radical (unpaired) electrons. The monoisotopic (exact) mass is 279 g/mol. The molecular formula is C17H29NO2. The second-order valence-electron chi connectivity index (χ2n) is 5.45. The van der Waals surface area contributed by atoms with Crippen molar-refractivity contribution in [2.75, 3.05) is 20.3 Å². The zero-order valence-corrected chi connectivity index (χ0v) is 13.3. The van der Waals surface area contributed by atoms with Crippen molar-refractivity contribution >= 4 is 0 Å². The van der Waals surface area contributed by atoms with E-state index in [1.807, 2.05) is 18.2 Å². The van der Waals surface area contributed by atoms with Crippen LogP contribution in [-0.2, 0) is 0 Å². The Morgan fingerprint density at radius 1 is 1.20 bits per heavy atom. The minimum absolute atomic E-state index is 0.0184. The highest BCUT2D eigenvalue weighted by Gasteiger charge is 2.26. The van der Waals surface area contributed by atoms with Gasteiger partial charge in [0.15, 0.2) is 0 Å². The van der Waals surface area contributed by atoms with Gasteiger partial charge in [0.1, 0.15) is 5.75 Å². The van der Waals surface area contributed by atoms with Crippen LogP contribution < -0.4 is 10.1 Å². The van der Waals surface area contributed by atoms with Crippen LogP contribution in [-0.4, -0.2) is 25.4 Å². The fourth-order valence-corrected chi connectivity index (χ4v) is 2.55. The van der Waals surface area contributed by atoms with Crippen LogP contribution in [0.5, 0.6) is 5.75 Å². The van der Waals surface area contributed by atoms with Crippen LogP contribution in [0.25, 0.3) is 0 Å². The van der Waals surface area contributed by atoms with Gasteiger partial charge in [-0.2, -0.15) is 0 Å². The highest BCUT2D eigenvalue weighted by Crippen LogP contribution is 2.30. The maximum Gasteiger partial charge on any atom is 0.123 e. The van der Waals surface area contributed by atoms with Crippen LogP contribution in [0, 0.1) is 5.41 Å². The van der Waals surface area contributed by atoms with Crippen LogP contribution in [0.15, 0.2) is 24.3 Å². The van der Waals surface area contributed by atoms with E-state index < -0.39 is 0 Å². The predicted molar refractivity (Wildman–Crippen MR) is 84.1 cm³/mol. The summed E-state index contributed by atoms with van der Waals surface area (Å²) in [5.74, 6) is 0.925. The molecule has 3 heteroatoms. The van der Waals surface area contributed by atoms with Gasteiger partial charge in [0.05, 0.1) is 7.11 Å². The molecule has 0 saturated carbocycles. The molecule has 1 aromatic carbocycles. The first kappa shape index (κ1) is 17.0. The average Bonchev–Trinajstić information content (AvgIpc) is 2.52. The van der Waals surface area contributed by atoms with E-state index in [4.69, 9.17) is 4.74 Å². The summed E-state index contributed by atoms with van der Waals surface area (Å²) in [5, 5.41) is 13.3. The third-order valence-corrected chi connectivity index (χ3v) is 4.48. The lowest BCUT2D eigenvalue weighted by Crippen LogP contribution is -2.38. The standard InChI is InChI=1S/C17H29NO2/c1-5-15(14-10-8-9-11-16(14)20-4)18-12-17(6-2,7-3)13-19/h8-11,15,18-19H,5-7,12-13H2,1-4H3. The zero-order chi connectivity index (χ0) is 15.0. The molecule has 1 aromatic rings. The van der Waals surface area contributed by atoms with E-state index in [2.05, 4.69) is 32.2 Å². The summed E-state index contributed by atoms with van der Waals surface area (Å²) in [4.78, 5) is 0. The molecule has 0 bridgehead atoms. The Kier molecular flexibility index (Phi) is 7.03. The molecule has 0 aliphatic rings. The summed E-state index contributed by atoms with van der Waals surface area (Å²) in [6.45, 7) is 7.52. The maximum absolute atomic E-state index is 9.67. The zero-order valence-electron chi connectivity index (χ0n) is 13.3. The van der Waals surface area contributed by atoms with Crippen LogP contribution in [0.3, 0.4) is 0 Å². The summed E-state index contributed by atoms with van der Waals surface area (Å²) in [5.41, 5.74) is 1.17. The quantitative estimate of drug-likeness (QED) is 0.726. The van der Waals surface area contributed by atoms with Crippen molar-refractivity contribution in [2.45, 2.75) is 46.1 Å². The van der Waals surface area contributed by atoms with Crippen LogP contribution in [0.1, 0.15) is 51.6 Å². The van der Waals surface area contributed by atoms with Crippen molar-refractivity contribution in [3.8, 4) is 5.75 Å². The highest BCUT2D eigenvalue weighted by molar-refractivity contribution is 5.35. The molecule has 0 aromatic heterocycles. The van der Waals surface area contributed by atoms with Crippen molar-refractivity contribution < 1.29 is 9.84 Å². The molecule has 0 amide bonds. The number of methoxy groups -OCH3 is 1. The largest absolute Gasteiger partial charge is 0.496 e. The highest BCUT2D eigenvalue weighted by atomic mass is 16.5. The summed E-state index contributed by atoms with van der Waals surface area (Å²) in [6.07, 6.45) is 2.96. The average molecular weight is 279 g/mol. The number of hydrogen-bond donors (Lipinski definition) is 2. The van der Waals surface area contributed by atoms with Gasteiger partial charge in [-0.15, -0.1) is 0 Å². The summed E-state index contributed by atoms with van der Waals surface area (Å²) >= 11 is 0. The molecule has 0 spiro atoms. The Morgan fingerprint density at radius 3 is 2.35 bits per heavy atom. The number of benzene rings is 1. The Hall–Kier alpha value is -1.06. The van der Waals surface area contributed by atoms with Gasteiger partial charge in [-0.3, -0.25) is 0 Å². The van der Waals surface area contributed by atoms with Gasteiger partial charge in [0.25, 0.3) is 0 Å².